The van der Waals surface area contributed by atoms with Crippen LogP contribution in [0.5, 0.6) is 17.2 Å². The minimum absolute atomic E-state index is 0.149. The maximum absolute atomic E-state index is 10.3. The van der Waals surface area contributed by atoms with E-state index < -0.39 is 0 Å². The summed E-state index contributed by atoms with van der Waals surface area (Å²) in [6, 6.07) is 13.6. The summed E-state index contributed by atoms with van der Waals surface area (Å²) < 4.78 is 10.7. The molecular weight excluding hydrogens is 368 g/mol. The molecule has 0 spiro atoms. The number of aliphatic imine (C=N–C) groups is 1. The number of hydrogen-bond donors (Lipinski definition) is 2. The first-order valence-corrected chi connectivity index (χ1v) is 9.94. The number of nitrogens with one attached hydrogen (secondary N) is 1. The quantitative estimate of drug-likeness (QED) is 0.576. The second kappa shape index (κ2) is 9.91. The SMILES string of the molecule is CCNC(=NCc1cccc(OC)c1O)N1CCN(c2ccccc2OC)CC1. The van der Waals surface area contributed by atoms with E-state index >= 15 is 0 Å². The number of phenols is 1. The van der Waals surface area contributed by atoms with Crippen molar-refractivity contribution in [3.63, 3.8) is 0 Å². The van der Waals surface area contributed by atoms with Crippen LogP contribution in [0.25, 0.3) is 0 Å². The highest BCUT2D eigenvalue weighted by atomic mass is 16.5. The molecule has 7 nitrogen and oxygen atoms in total. The Morgan fingerprint density at radius 1 is 1.00 bits per heavy atom. The van der Waals surface area contributed by atoms with Gasteiger partial charge in [0.25, 0.3) is 0 Å². The number of para-hydroxylation sites is 3. The van der Waals surface area contributed by atoms with E-state index in [2.05, 4.69) is 28.1 Å². The lowest BCUT2D eigenvalue weighted by atomic mass is 10.2. The number of guanidine groups is 1. The molecule has 7 heteroatoms. The van der Waals surface area contributed by atoms with Gasteiger partial charge in [-0.25, -0.2) is 4.99 Å². The maximum atomic E-state index is 10.3. The largest absolute Gasteiger partial charge is 0.504 e. The first-order chi connectivity index (χ1) is 14.2. The Hall–Kier alpha value is -3.09. The van der Waals surface area contributed by atoms with Crippen LogP contribution in [0, 0.1) is 0 Å². The van der Waals surface area contributed by atoms with Crippen LogP contribution in [0.15, 0.2) is 47.5 Å². The molecule has 0 aliphatic carbocycles. The number of benzene rings is 2. The van der Waals surface area contributed by atoms with Crippen molar-refractivity contribution >= 4 is 11.6 Å². The number of rotatable bonds is 6. The minimum Gasteiger partial charge on any atom is -0.504 e. The average molecular weight is 399 g/mol. The van der Waals surface area contributed by atoms with Crippen molar-refractivity contribution in [2.24, 2.45) is 4.99 Å². The summed E-state index contributed by atoms with van der Waals surface area (Å²) >= 11 is 0. The zero-order valence-corrected chi connectivity index (χ0v) is 17.4. The number of phenolic OH excluding ortho intramolecular Hbond substituents is 1. The Kier molecular flexibility index (Phi) is 7.05. The van der Waals surface area contributed by atoms with Crippen molar-refractivity contribution < 1.29 is 14.6 Å². The van der Waals surface area contributed by atoms with Gasteiger partial charge in [0.05, 0.1) is 26.5 Å². The summed E-state index contributed by atoms with van der Waals surface area (Å²) in [6.07, 6.45) is 0. The maximum Gasteiger partial charge on any atom is 0.194 e. The number of aromatic hydroxyl groups is 1. The first-order valence-electron chi connectivity index (χ1n) is 9.94. The Labute approximate surface area is 172 Å². The summed E-state index contributed by atoms with van der Waals surface area (Å²) in [4.78, 5) is 9.34. The summed E-state index contributed by atoms with van der Waals surface area (Å²) in [5, 5.41) is 13.7. The van der Waals surface area contributed by atoms with Crippen LogP contribution < -0.4 is 19.7 Å². The molecule has 1 aliphatic rings. The third-order valence-corrected chi connectivity index (χ3v) is 5.04. The molecule has 3 rings (SSSR count). The van der Waals surface area contributed by atoms with E-state index in [9.17, 15) is 5.11 Å². The van der Waals surface area contributed by atoms with E-state index in [-0.39, 0.29) is 5.75 Å². The minimum atomic E-state index is 0.149. The third kappa shape index (κ3) is 4.85. The number of nitrogens with zero attached hydrogens (tertiary/aromatic N) is 3. The first kappa shape index (κ1) is 20.6. The second-order valence-electron chi connectivity index (χ2n) is 6.78. The molecular formula is C22H30N4O3. The molecule has 156 valence electrons. The van der Waals surface area contributed by atoms with Gasteiger partial charge in [0.1, 0.15) is 5.75 Å². The Balaban J connectivity index is 1.68. The lowest BCUT2D eigenvalue weighted by Gasteiger charge is -2.38. The fraction of sp³-hybridized carbons (Fsp3) is 0.409. The number of ether oxygens (including phenoxy) is 2. The number of hydrogen-bond acceptors (Lipinski definition) is 5. The molecule has 0 saturated carbocycles. The van der Waals surface area contributed by atoms with Crippen molar-refractivity contribution in [2.45, 2.75) is 13.5 Å². The standard InChI is InChI=1S/C22H30N4O3/c1-4-23-22(24-16-17-8-7-11-20(29-3)21(17)27)26-14-12-25(13-15-26)18-9-5-6-10-19(18)28-2/h5-11,27H,4,12-16H2,1-3H3,(H,23,24). The highest BCUT2D eigenvalue weighted by molar-refractivity contribution is 5.80. The van der Waals surface area contributed by atoms with Gasteiger partial charge in [-0.05, 0) is 25.1 Å². The Bertz CT molecular complexity index is 833. The monoisotopic (exact) mass is 398 g/mol. The van der Waals surface area contributed by atoms with Crippen molar-refractivity contribution in [3.8, 4) is 17.2 Å². The number of methoxy groups -OCH3 is 2. The molecule has 1 aliphatic heterocycles. The zero-order valence-electron chi connectivity index (χ0n) is 17.4. The van der Waals surface area contributed by atoms with Crippen LogP contribution in [0.3, 0.4) is 0 Å². The predicted molar refractivity (Wildman–Crippen MR) is 116 cm³/mol. The molecule has 2 aromatic carbocycles. The smallest absolute Gasteiger partial charge is 0.194 e. The van der Waals surface area contributed by atoms with Crippen molar-refractivity contribution in [1.29, 1.82) is 0 Å². The molecule has 1 heterocycles. The van der Waals surface area contributed by atoms with Gasteiger partial charge >= 0.3 is 0 Å². The Morgan fingerprint density at radius 2 is 1.69 bits per heavy atom. The average Bonchev–Trinajstić information content (AvgIpc) is 2.77. The zero-order chi connectivity index (χ0) is 20.6. The van der Waals surface area contributed by atoms with Gasteiger partial charge < -0.3 is 29.7 Å². The predicted octanol–water partition coefficient (Wildman–Crippen LogP) is 2.70. The van der Waals surface area contributed by atoms with Crippen LogP contribution in [-0.4, -0.2) is 62.9 Å². The van der Waals surface area contributed by atoms with Crippen molar-refractivity contribution in [3.05, 3.63) is 48.0 Å². The normalized spacial score (nSPS) is 14.7. The molecule has 0 radical (unpaired) electrons. The van der Waals surface area contributed by atoms with Crippen LogP contribution in [0.4, 0.5) is 5.69 Å². The van der Waals surface area contributed by atoms with E-state index in [4.69, 9.17) is 14.5 Å². The third-order valence-electron chi connectivity index (χ3n) is 5.04. The molecule has 0 unspecified atom stereocenters. The topological polar surface area (TPSA) is 69.6 Å². The van der Waals surface area contributed by atoms with E-state index in [1.165, 1.54) is 0 Å². The van der Waals surface area contributed by atoms with E-state index in [0.29, 0.717) is 12.3 Å². The molecule has 1 saturated heterocycles. The summed E-state index contributed by atoms with van der Waals surface area (Å²) in [7, 11) is 3.26. The highest BCUT2D eigenvalue weighted by Crippen LogP contribution is 2.30. The lowest BCUT2D eigenvalue weighted by Crippen LogP contribution is -2.52. The number of piperazine rings is 1. The molecule has 1 fully saturated rings. The van der Waals surface area contributed by atoms with Gasteiger partial charge in [-0.3, -0.25) is 0 Å². The fourth-order valence-electron chi connectivity index (χ4n) is 3.50. The molecule has 2 aromatic rings. The Morgan fingerprint density at radius 3 is 2.38 bits per heavy atom. The molecule has 0 aromatic heterocycles. The van der Waals surface area contributed by atoms with Crippen molar-refractivity contribution in [2.75, 3.05) is 51.8 Å². The molecule has 2 N–H and O–H groups in total. The fourth-order valence-corrected chi connectivity index (χ4v) is 3.50. The summed E-state index contributed by atoms with van der Waals surface area (Å²) in [5.41, 5.74) is 1.87. The van der Waals surface area contributed by atoms with E-state index in [0.717, 1.165) is 55.7 Å². The van der Waals surface area contributed by atoms with E-state index in [1.54, 1.807) is 20.3 Å². The van der Waals surface area contributed by atoms with Crippen LogP contribution >= 0.6 is 0 Å². The lowest BCUT2D eigenvalue weighted by molar-refractivity contribution is 0.365. The summed E-state index contributed by atoms with van der Waals surface area (Å²) in [5.74, 6) is 2.37. The van der Waals surface area contributed by atoms with E-state index in [1.807, 2.05) is 30.3 Å². The number of anilines is 1. The van der Waals surface area contributed by atoms with Gasteiger partial charge in [0, 0.05) is 38.3 Å². The van der Waals surface area contributed by atoms with Gasteiger partial charge in [-0.1, -0.05) is 24.3 Å². The van der Waals surface area contributed by atoms with Crippen LogP contribution in [0.2, 0.25) is 0 Å². The molecule has 0 atom stereocenters. The molecule has 0 amide bonds. The molecule has 0 bridgehead atoms. The van der Waals surface area contributed by atoms with Gasteiger partial charge in [-0.2, -0.15) is 0 Å². The summed E-state index contributed by atoms with van der Waals surface area (Å²) in [6.45, 7) is 6.71. The van der Waals surface area contributed by atoms with Crippen LogP contribution in [-0.2, 0) is 6.54 Å². The molecule has 29 heavy (non-hydrogen) atoms. The highest BCUT2D eigenvalue weighted by Gasteiger charge is 2.21. The second-order valence-corrected chi connectivity index (χ2v) is 6.78. The van der Waals surface area contributed by atoms with Gasteiger partial charge in [0.15, 0.2) is 17.5 Å². The van der Waals surface area contributed by atoms with Crippen molar-refractivity contribution in [1.82, 2.24) is 10.2 Å². The van der Waals surface area contributed by atoms with Crippen LogP contribution in [0.1, 0.15) is 12.5 Å². The van der Waals surface area contributed by atoms with Gasteiger partial charge in [0.2, 0.25) is 0 Å². The van der Waals surface area contributed by atoms with Gasteiger partial charge in [-0.15, -0.1) is 0 Å².